The molecule has 0 amide bonds. The SMILES string of the molecule is COC(=O)C1=C(C)NC(C)=C(C(=O)OCC=Cc2ccc(Cc3cccnc3)cc2)C1c1cccc([N+](=O)[O-])c1. The number of hydrogen-bond acceptors (Lipinski definition) is 8. The quantitative estimate of drug-likeness (QED) is 0.223. The molecule has 4 rings (SSSR count). The second-order valence-corrected chi connectivity index (χ2v) is 9.26. The molecule has 0 saturated heterocycles. The van der Waals surface area contributed by atoms with Gasteiger partial charge in [-0.05, 0) is 54.7 Å². The lowest BCUT2D eigenvalue weighted by Gasteiger charge is -2.30. The van der Waals surface area contributed by atoms with Crippen molar-refractivity contribution >= 4 is 23.7 Å². The van der Waals surface area contributed by atoms with E-state index in [9.17, 15) is 19.7 Å². The Morgan fingerprint density at radius 3 is 2.38 bits per heavy atom. The van der Waals surface area contributed by atoms with E-state index in [1.807, 2.05) is 48.7 Å². The maximum atomic E-state index is 13.3. The summed E-state index contributed by atoms with van der Waals surface area (Å²) in [6.45, 7) is 3.37. The maximum Gasteiger partial charge on any atom is 0.337 e. The minimum Gasteiger partial charge on any atom is -0.466 e. The van der Waals surface area contributed by atoms with Crippen molar-refractivity contribution < 1.29 is 24.0 Å². The number of nitrogens with one attached hydrogen (secondary N) is 1. The summed E-state index contributed by atoms with van der Waals surface area (Å²) in [6.07, 6.45) is 7.95. The summed E-state index contributed by atoms with van der Waals surface area (Å²) in [5.41, 5.74) is 4.82. The van der Waals surface area contributed by atoms with E-state index in [-0.39, 0.29) is 23.4 Å². The monoisotopic (exact) mass is 539 g/mol. The molecule has 0 fully saturated rings. The van der Waals surface area contributed by atoms with E-state index in [4.69, 9.17) is 9.47 Å². The van der Waals surface area contributed by atoms with Crippen LogP contribution in [0.15, 0.2) is 102 Å². The van der Waals surface area contributed by atoms with Crippen molar-refractivity contribution in [3.63, 3.8) is 0 Å². The molecule has 0 radical (unpaired) electrons. The molecule has 1 aliphatic heterocycles. The number of dihydropyridines is 1. The van der Waals surface area contributed by atoms with Gasteiger partial charge in [0.15, 0.2) is 0 Å². The van der Waals surface area contributed by atoms with Crippen LogP contribution in [0.3, 0.4) is 0 Å². The summed E-state index contributed by atoms with van der Waals surface area (Å²) in [6, 6.07) is 17.8. The van der Waals surface area contributed by atoms with Gasteiger partial charge in [0.25, 0.3) is 5.69 Å². The van der Waals surface area contributed by atoms with E-state index < -0.39 is 22.8 Å². The largest absolute Gasteiger partial charge is 0.466 e. The molecule has 1 unspecified atom stereocenters. The van der Waals surface area contributed by atoms with E-state index in [2.05, 4.69) is 10.3 Å². The standard InChI is InChI=1S/C31H29N3O6/c1-20-27(30(35)39-3)29(25-9-4-10-26(18-25)34(37)38)28(21(2)33-20)31(36)40-16-6-8-22-11-13-23(14-12-22)17-24-7-5-15-32-19-24/h4-15,18-19,29,33H,16-17H2,1-3H3. The average molecular weight is 540 g/mol. The Morgan fingerprint density at radius 2 is 1.73 bits per heavy atom. The number of hydrogen-bond donors (Lipinski definition) is 1. The molecule has 0 bridgehead atoms. The predicted molar refractivity (Wildman–Crippen MR) is 150 cm³/mol. The first-order valence-electron chi connectivity index (χ1n) is 12.6. The molecule has 1 aromatic heterocycles. The Labute approximate surface area is 232 Å². The average Bonchev–Trinajstić information content (AvgIpc) is 2.96. The molecule has 0 saturated carbocycles. The summed E-state index contributed by atoms with van der Waals surface area (Å²) in [5, 5.41) is 14.5. The van der Waals surface area contributed by atoms with Crippen LogP contribution >= 0.6 is 0 Å². The molecule has 204 valence electrons. The zero-order valence-corrected chi connectivity index (χ0v) is 22.4. The van der Waals surface area contributed by atoms with Crippen molar-refractivity contribution in [3.8, 4) is 0 Å². The van der Waals surface area contributed by atoms with Crippen LogP contribution in [0.5, 0.6) is 0 Å². The second kappa shape index (κ2) is 12.7. The number of nitro groups is 1. The minimum atomic E-state index is -0.905. The molecule has 0 aliphatic carbocycles. The van der Waals surface area contributed by atoms with Gasteiger partial charge < -0.3 is 14.8 Å². The summed E-state index contributed by atoms with van der Waals surface area (Å²) < 4.78 is 10.5. The number of non-ortho nitro benzene ring substituents is 1. The van der Waals surface area contributed by atoms with E-state index in [0.29, 0.717) is 17.0 Å². The number of methoxy groups -OCH3 is 1. The van der Waals surface area contributed by atoms with Crippen molar-refractivity contribution in [2.75, 3.05) is 13.7 Å². The van der Waals surface area contributed by atoms with Crippen LogP contribution in [0.1, 0.15) is 42.0 Å². The van der Waals surface area contributed by atoms with Crippen LogP contribution in [-0.2, 0) is 25.5 Å². The fourth-order valence-corrected chi connectivity index (χ4v) is 4.67. The fourth-order valence-electron chi connectivity index (χ4n) is 4.67. The smallest absolute Gasteiger partial charge is 0.337 e. The summed E-state index contributed by atoms with van der Waals surface area (Å²) >= 11 is 0. The van der Waals surface area contributed by atoms with Gasteiger partial charge in [-0.25, -0.2) is 9.59 Å². The number of nitro benzene ring substituents is 1. The predicted octanol–water partition coefficient (Wildman–Crippen LogP) is 5.25. The van der Waals surface area contributed by atoms with Crippen LogP contribution in [0, 0.1) is 10.1 Å². The number of carbonyl (C=O) groups excluding carboxylic acids is 2. The van der Waals surface area contributed by atoms with E-state index >= 15 is 0 Å². The van der Waals surface area contributed by atoms with Gasteiger partial charge in [0, 0.05) is 35.9 Å². The first-order chi connectivity index (χ1) is 19.3. The van der Waals surface area contributed by atoms with Crippen molar-refractivity contribution in [1.82, 2.24) is 10.3 Å². The van der Waals surface area contributed by atoms with E-state index in [0.717, 1.165) is 23.1 Å². The molecule has 0 spiro atoms. The van der Waals surface area contributed by atoms with Crippen molar-refractivity contribution in [2.24, 2.45) is 0 Å². The molecule has 40 heavy (non-hydrogen) atoms. The van der Waals surface area contributed by atoms with Gasteiger partial charge in [-0.1, -0.05) is 48.5 Å². The number of ether oxygens (including phenoxy) is 2. The molecule has 1 N–H and O–H groups in total. The van der Waals surface area contributed by atoms with E-state index in [1.165, 1.54) is 25.3 Å². The third-order valence-electron chi connectivity index (χ3n) is 6.53. The van der Waals surface area contributed by atoms with Gasteiger partial charge in [-0.15, -0.1) is 0 Å². The molecule has 1 atom stereocenters. The van der Waals surface area contributed by atoms with Gasteiger partial charge in [0.2, 0.25) is 0 Å². The van der Waals surface area contributed by atoms with Crippen molar-refractivity contribution in [1.29, 1.82) is 0 Å². The van der Waals surface area contributed by atoms with E-state index in [1.54, 1.807) is 32.2 Å². The first kappa shape index (κ1) is 28.0. The summed E-state index contributed by atoms with van der Waals surface area (Å²) in [7, 11) is 1.24. The fraction of sp³-hybridized carbons (Fsp3) is 0.194. The van der Waals surface area contributed by atoms with Crippen LogP contribution in [0.4, 0.5) is 5.69 Å². The summed E-state index contributed by atoms with van der Waals surface area (Å²) in [4.78, 5) is 41.1. The Hall–Kier alpha value is -5.05. The maximum absolute atomic E-state index is 13.3. The Bertz CT molecular complexity index is 1510. The Balaban J connectivity index is 1.50. The molecule has 3 aromatic rings. The normalized spacial score (nSPS) is 15.1. The van der Waals surface area contributed by atoms with Crippen LogP contribution < -0.4 is 5.32 Å². The van der Waals surface area contributed by atoms with Gasteiger partial charge in [0.05, 0.1) is 29.1 Å². The first-order valence-corrected chi connectivity index (χ1v) is 12.6. The van der Waals surface area contributed by atoms with Gasteiger partial charge in [-0.3, -0.25) is 15.1 Å². The van der Waals surface area contributed by atoms with Crippen LogP contribution in [0.2, 0.25) is 0 Å². The van der Waals surface area contributed by atoms with Gasteiger partial charge in [-0.2, -0.15) is 0 Å². The molecular formula is C31H29N3O6. The number of nitrogens with zero attached hydrogens (tertiary/aromatic N) is 2. The zero-order chi connectivity index (χ0) is 28.6. The number of rotatable bonds is 9. The number of allylic oxidation sites excluding steroid dienone is 2. The zero-order valence-electron chi connectivity index (χ0n) is 22.4. The Morgan fingerprint density at radius 1 is 1.00 bits per heavy atom. The van der Waals surface area contributed by atoms with Crippen LogP contribution in [-0.4, -0.2) is 35.6 Å². The number of esters is 2. The highest BCUT2D eigenvalue weighted by atomic mass is 16.6. The lowest BCUT2D eigenvalue weighted by Crippen LogP contribution is -2.32. The lowest BCUT2D eigenvalue weighted by atomic mass is 9.80. The Kier molecular flexibility index (Phi) is 8.86. The van der Waals surface area contributed by atoms with Gasteiger partial charge in [0.1, 0.15) is 6.61 Å². The highest BCUT2D eigenvalue weighted by molar-refractivity contribution is 6.00. The number of carbonyl (C=O) groups is 2. The van der Waals surface area contributed by atoms with Crippen LogP contribution in [0.25, 0.3) is 6.08 Å². The number of benzene rings is 2. The topological polar surface area (TPSA) is 121 Å². The second-order valence-electron chi connectivity index (χ2n) is 9.26. The minimum absolute atomic E-state index is 0.00897. The summed E-state index contributed by atoms with van der Waals surface area (Å²) in [5.74, 6) is -2.20. The van der Waals surface area contributed by atoms with Gasteiger partial charge >= 0.3 is 11.9 Å². The molecule has 1 aliphatic rings. The lowest BCUT2D eigenvalue weighted by molar-refractivity contribution is -0.384. The highest BCUT2D eigenvalue weighted by Crippen LogP contribution is 2.40. The molecule has 9 heteroatoms. The third-order valence-corrected chi connectivity index (χ3v) is 6.53. The molecule has 9 nitrogen and oxygen atoms in total. The van der Waals surface area contributed by atoms with Crippen molar-refractivity contribution in [2.45, 2.75) is 26.2 Å². The molecular weight excluding hydrogens is 510 g/mol. The molecule has 2 aromatic carbocycles. The third kappa shape index (κ3) is 6.50. The molecule has 2 heterocycles. The number of aromatic nitrogens is 1. The number of pyridine rings is 1. The highest BCUT2D eigenvalue weighted by Gasteiger charge is 2.38. The van der Waals surface area contributed by atoms with Crippen molar-refractivity contribution in [3.05, 3.63) is 134 Å².